The fraction of sp³-hybridized carbons (Fsp3) is 0.500. The van der Waals surface area contributed by atoms with Crippen molar-refractivity contribution in [3.8, 4) is 0 Å². The van der Waals surface area contributed by atoms with Gasteiger partial charge in [-0.25, -0.2) is 4.98 Å². The third kappa shape index (κ3) is 2.11. The summed E-state index contributed by atoms with van der Waals surface area (Å²) in [6, 6.07) is 0. The van der Waals surface area contributed by atoms with Gasteiger partial charge in [0, 0.05) is 18.1 Å². The molecule has 1 aromatic rings. The summed E-state index contributed by atoms with van der Waals surface area (Å²) in [5, 5.41) is 6.36. The van der Waals surface area contributed by atoms with Gasteiger partial charge in [-0.15, -0.1) is 11.3 Å². The second-order valence-corrected chi connectivity index (χ2v) is 2.69. The molecule has 0 saturated carbocycles. The molecule has 2 nitrogen and oxygen atoms in total. The Labute approximate surface area is 58.9 Å². The molecular formula is C6H10N2S. The first-order valence-corrected chi connectivity index (χ1v) is 3.90. The van der Waals surface area contributed by atoms with Crippen molar-refractivity contribution in [3.63, 3.8) is 0 Å². The van der Waals surface area contributed by atoms with Gasteiger partial charge in [0.2, 0.25) is 0 Å². The van der Waals surface area contributed by atoms with E-state index in [0.29, 0.717) is 0 Å². The standard InChI is InChI=1S/C6H10N2S/c1-2-7-5-6-8-3-4-9-6/h3-4,7H,2,5H2,1H3. The van der Waals surface area contributed by atoms with E-state index in [2.05, 4.69) is 17.2 Å². The minimum absolute atomic E-state index is 0.911. The van der Waals surface area contributed by atoms with Gasteiger partial charge in [0.15, 0.2) is 0 Å². The van der Waals surface area contributed by atoms with E-state index >= 15 is 0 Å². The van der Waals surface area contributed by atoms with E-state index in [-0.39, 0.29) is 0 Å². The Kier molecular flexibility index (Phi) is 2.67. The summed E-state index contributed by atoms with van der Waals surface area (Å²) in [5.41, 5.74) is 0. The van der Waals surface area contributed by atoms with Crippen molar-refractivity contribution < 1.29 is 0 Å². The molecule has 0 spiro atoms. The maximum absolute atomic E-state index is 4.11. The molecule has 0 aromatic carbocycles. The number of hydrogen-bond acceptors (Lipinski definition) is 3. The number of nitrogens with zero attached hydrogens (tertiary/aromatic N) is 1. The molecule has 0 fully saturated rings. The Morgan fingerprint density at radius 3 is 3.22 bits per heavy atom. The molecule has 0 aliphatic rings. The predicted octanol–water partition coefficient (Wildman–Crippen LogP) is 1.25. The quantitative estimate of drug-likeness (QED) is 0.687. The number of nitrogens with one attached hydrogen (secondary N) is 1. The molecule has 1 aromatic heterocycles. The third-order valence-electron chi connectivity index (χ3n) is 1.01. The highest BCUT2D eigenvalue weighted by molar-refractivity contribution is 7.09. The second-order valence-electron chi connectivity index (χ2n) is 1.71. The van der Waals surface area contributed by atoms with Crippen LogP contribution in [0.25, 0.3) is 0 Å². The van der Waals surface area contributed by atoms with Crippen LogP contribution < -0.4 is 5.32 Å². The van der Waals surface area contributed by atoms with Crippen LogP contribution in [-0.4, -0.2) is 11.5 Å². The van der Waals surface area contributed by atoms with Crippen molar-refractivity contribution in [2.75, 3.05) is 6.54 Å². The van der Waals surface area contributed by atoms with Gasteiger partial charge < -0.3 is 5.32 Å². The van der Waals surface area contributed by atoms with Gasteiger partial charge in [-0.3, -0.25) is 0 Å². The van der Waals surface area contributed by atoms with Gasteiger partial charge in [0.1, 0.15) is 5.01 Å². The summed E-state index contributed by atoms with van der Waals surface area (Å²) in [7, 11) is 0. The Bertz CT molecular complexity index is 148. The highest BCUT2D eigenvalue weighted by Gasteiger charge is 1.89. The van der Waals surface area contributed by atoms with Crippen molar-refractivity contribution in [3.05, 3.63) is 16.6 Å². The zero-order valence-corrected chi connectivity index (χ0v) is 6.24. The van der Waals surface area contributed by atoms with Crippen LogP contribution in [-0.2, 0) is 6.54 Å². The topological polar surface area (TPSA) is 24.9 Å². The number of hydrogen-bond donors (Lipinski definition) is 1. The summed E-state index contributed by atoms with van der Waals surface area (Å²) in [5.74, 6) is 0. The molecule has 9 heavy (non-hydrogen) atoms. The lowest BCUT2D eigenvalue weighted by atomic mass is 10.6. The average molecular weight is 142 g/mol. The lowest BCUT2D eigenvalue weighted by molar-refractivity contribution is 0.722. The Morgan fingerprint density at radius 2 is 2.67 bits per heavy atom. The maximum atomic E-state index is 4.11. The van der Waals surface area contributed by atoms with Crippen LogP contribution in [0.4, 0.5) is 0 Å². The molecule has 1 rings (SSSR count). The van der Waals surface area contributed by atoms with E-state index in [9.17, 15) is 0 Å². The molecule has 0 atom stereocenters. The minimum atomic E-state index is 0.911. The normalized spacial score (nSPS) is 9.89. The Morgan fingerprint density at radius 1 is 1.78 bits per heavy atom. The fourth-order valence-electron chi connectivity index (χ4n) is 0.572. The number of rotatable bonds is 3. The average Bonchev–Trinajstić information content (AvgIpc) is 2.34. The summed E-state index contributed by atoms with van der Waals surface area (Å²) in [6.07, 6.45) is 1.83. The number of aromatic nitrogens is 1. The summed E-state index contributed by atoms with van der Waals surface area (Å²) in [4.78, 5) is 4.11. The lowest BCUT2D eigenvalue weighted by Gasteiger charge is -1.93. The van der Waals surface area contributed by atoms with Crippen LogP contribution in [0, 0.1) is 0 Å². The Balaban J connectivity index is 2.30. The lowest BCUT2D eigenvalue weighted by Crippen LogP contribution is -2.11. The second kappa shape index (κ2) is 3.58. The molecule has 0 aliphatic carbocycles. The molecular weight excluding hydrogens is 132 g/mol. The van der Waals surface area contributed by atoms with Crippen molar-refractivity contribution in [2.24, 2.45) is 0 Å². The van der Waals surface area contributed by atoms with E-state index in [1.54, 1.807) is 11.3 Å². The van der Waals surface area contributed by atoms with Crippen molar-refractivity contribution >= 4 is 11.3 Å². The van der Waals surface area contributed by atoms with E-state index < -0.39 is 0 Å². The molecule has 1 N–H and O–H groups in total. The fourth-order valence-corrected chi connectivity index (χ4v) is 1.16. The van der Waals surface area contributed by atoms with Crippen LogP contribution >= 0.6 is 11.3 Å². The van der Waals surface area contributed by atoms with Gasteiger partial charge in [-0.05, 0) is 6.54 Å². The van der Waals surface area contributed by atoms with Gasteiger partial charge in [0.25, 0.3) is 0 Å². The maximum Gasteiger partial charge on any atom is 0.106 e. The summed E-state index contributed by atoms with van der Waals surface area (Å²) < 4.78 is 0. The summed E-state index contributed by atoms with van der Waals surface area (Å²) in [6.45, 7) is 4.02. The zero-order valence-electron chi connectivity index (χ0n) is 5.42. The van der Waals surface area contributed by atoms with E-state index in [1.165, 1.54) is 0 Å². The molecule has 1 heterocycles. The van der Waals surface area contributed by atoms with Gasteiger partial charge in [-0.1, -0.05) is 6.92 Å². The summed E-state index contributed by atoms with van der Waals surface area (Å²) >= 11 is 1.69. The largest absolute Gasteiger partial charge is 0.311 e. The number of thiazole rings is 1. The zero-order chi connectivity index (χ0) is 6.53. The third-order valence-corrected chi connectivity index (χ3v) is 1.79. The molecule has 0 amide bonds. The van der Waals surface area contributed by atoms with Crippen molar-refractivity contribution in [1.29, 1.82) is 0 Å². The smallest absolute Gasteiger partial charge is 0.106 e. The van der Waals surface area contributed by atoms with E-state index in [4.69, 9.17) is 0 Å². The Hall–Kier alpha value is -0.410. The minimum Gasteiger partial charge on any atom is -0.311 e. The van der Waals surface area contributed by atoms with E-state index in [1.807, 2.05) is 11.6 Å². The molecule has 50 valence electrons. The van der Waals surface area contributed by atoms with Crippen LogP contribution in [0.1, 0.15) is 11.9 Å². The van der Waals surface area contributed by atoms with Gasteiger partial charge >= 0.3 is 0 Å². The van der Waals surface area contributed by atoms with Crippen molar-refractivity contribution in [1.82, 2.24) is 10.3 Å². The highest BCUT2D eigenvalue weighted by Crippen LogP contribution is 2.01. The first-order valence-electron chi connectivity index (χ1n) is 3.02. The van der Waals surface area contributed by atoms with Crippen LogP contribution in [0.5, 0.6) is 0 Å². The van der Waals surface area contributed by atoms with Gasteiger partial charge in [-0.2, -0.15) is 0 Å². The molecule has 0 radical (unpaired) electrons. The first kappa shape index (κ1) is 6.71. The van der Waals surface area contributed by atoms with Crippen molar-refractivity contribution in [2.45, 2.75) is 13.5 Å². The van der Waals surface area contributed by atoms with Gasteiger partial charge in [0.05, 0.1) is 0 Å². The predicted molar refractivity (Wildman–Crippen MR) is 39.5 cm³/mol. The van der Waals surface area contributed by atoms with Crippen LogP contribution in [0.3, 0.4) is 0 Å². The first-order chi connectivity index (χ1) is 4.43. The molecule has 0 aliphatic heterocycles. The molecule has 0 unspecified atom stereocenters. The van der Waals surface area contributed by atoms with E-state index in [0.717, 1.165) is 18.1 Å². The highest BCUT2D eigenvalue weighted by atomic mass is 32.1. The van der Waals surface area contributed by atoms with Crippen LogP contribution in [0.15, 0.2) is 11.6 Å². The molecule has 0 saturated heterocycles. The molecule has 3 heteroatoms. The van der Waals surface area contributed by atoms with Crippen LogP contribution in [0.2, 0.25) is 0 Å². The molecule has 0 bridgehead atoms. The SMILES string of the molecule is CCNCc1nccs1. The monoisotopic (exact) mass is 142 g/mol.